The Labute approximate surface area is 119 Å². The third-order valence-electron chi connectivity index (χ3n) is 3.32. The van der Waals surface area contributed by atoms with Crippen molar-refractivity contribution >= 4 is 11.1 Å². The smallest absolute Gasteiger partial charge is 0.351 e. The summed E-state index contributed by atoms with van der Waals surface area (Å²) in [4.78, 5) is 3.77. The Kier molecular flexibility index (Phi) is 3.22. The van der Waals surface area contributed by atoms with Crippen LogP contribution < -0.4 is 0 Å². The van der Waals surface area contributed by atoms with Gasteiger partial charge in [-0.05, 0) is 24.6 Å². The minimum absolute atomic E-state index is 0.118. The molecule has 1 heterocycles. The number of oxazole rings is 1. The van der Waals surface area contributed by atoms with E-state index in [9.17, 15) is 13.9 Å². The lowest BCUT2D eigenvalue weighted by Crippen LogP contribution is -2.24. The lowest BCUT2D eigenvalue weighted by molar-refractivity contribution is -0.133. The van der Waals surface area contributed by atoms with Crippen molar-refractivity contribution in [3.63, 3.8) is 0 Å². The molecule has 0 radical (unpaired) electrons. The van der Waals surface area contributed by atoms with E-state index in [-0.39, 0.29) is 11.1 Å². The molecule has 1 atom stereocenters. The van der Waals surface area contributed by atoms with Crippen molar-refractivity contribution in [1.29, 1.82) is 0 Å². The van der Waals surface area contributed by atoms with Gasteiger partial charge in [-0.25, -0.2) is 4.98 Å². The topological polar surface area (TPSA) is 46.3 Å². The van der Waals surface area contributed by atoms with E-state index in [0.29, 0.717) is 5.52 Å². The van der Waals surface area contributed by atoms with Crippen molar-refractivity contribution in [2.75, 3.05) is 0 Å². The second-order valence-corrected chi connectivity index (χ2v) is 4.92. The SMILES string of the molecule is Cc1ccc(C(O)C(F)(F)c2nc3ccccc3o2)cc1. The normalized spacial score (nSPS) is 13.5. The number of aromatic nitrogens is 1. The molecule has 3 rings (SSSR count). The third kappa shape index (κ3) is 2.40. The van der Waals surface area contributed by atoms with Gasteiger partial charge in [-0.15, -0.1) is 0 Å². The van der Waals surface area contributed by atoms with Gasteiger partial charge in [-0.3, -0.25) is 0 Å². The number of fused-ring (bicyclic) bond motifs is 1. The molecule has 0 fully saturated rings. The molecular weight excluding hydrogens is 276 g/mol. The minimum atomic E-state index is -3.60. The van der Waals surface area contributed by atoms with Gasteiger partial charge in [0.25, 0.3) is 5.89 Å². The zero-order valence-corrected chi connectivity index (χ0v) is 11.3. The molecule has 3 nitrogen and oxygen atoms in total. The molecule has 0 spiro atoms. The summed E-state index contributed by atoms with van der Waals surface area (Å²) >= 11 is 0. The number of aliphatic hydroxyl groups is 1. The maximum atomic E-state index is 14.4. The summed E-state index contributed by atoms with van der Waals surface area (Å²) in [7, 11) is 0. The van der Waals surface area contributed by atoms with E-state index in [2.05, 4.69) is 4.98 Å². The Bertz CT molecular complexity index is 732. The van der Waals surface area contributed by atoms with Crippen LogP contribution in [-0.4, -0.2) is 10.1 Å². The van der Waals surface area contributed by atoms with Gasteiger partial charge in [0, 0.05) is 0 Å². The van der Waals surface area contributed by atoms with Crippen molar-refractivity contribution in [1.82, 2.24) is 4.98 Å². The predicted octanol–water partition coefficient (Wildman–Crippen LogP) is 3.96. The van der Waals surface area contributed by atoms with E-state index in [1.54, 1.807) is 36.4 Å². The Morgan fingerprint density at radius 2 is 1.76 bits per heavy atom. The monoisotopic (exact) mass is 289 g/mol. The molecule has 1 N–H and O–H groups in total. The summed E-state index contributed by atoms with van der Waals surface area (Å²) in [6, 6.07) is 12.8. The first kappa shape index (κ1) is 13.7. The Morgan fingerprint density at radius 3 is 2.43 bits per heavy atom. The summed E-state index contributed by atoms with van der Waals surface area (Å²) < 4.78 is 33.8. The van der Waals surface area contributed by atoms with Crippen LogP contribution in [0.4, 0.5) is 8.78 Å². The van der Waals surface area contributed by atoms with Gasteiger partial charge in [-0.2, -0.15) is 8.78 Å². The van der Waals surface area contributed by atoms with Gasteiger partial charge in [0.15, 0.2) is 11.7 Å². The lowest BCUT2D eigenvalue weighted by Gasteiger charge is -2.19. The molecule has 2 aromatic carbocycles. The quantitative estimate of drug-likeness (QED) is 0.793. The number of aliphatic hydroxyl groups excluding tert-OH is 1. The van der Waals surface area contributed by atoms with Crippen molar-refractivity contribution < 1.29 is 18.3 Å². The third-order valence-corrected chi connectivity index (χ3v) is 3.32. The summed E-state index contributed by atoms with van der Waals surface area (Å²) in [5, 5.41) is 9.97. The zero-order valence-electron chi connectivity index (χ0n) is 11.3. The van der Waals surface area contributed by atoms with E-state index in [0.717, 1.165) is 5.56 Å². The van der Waals surface area contributed by atoms with Gasteiger partial charge in [0.2, 0.25) is 0 Å². The van der Waals surface area contributed by atoms with E-state index in [1.807, 2.05) is 6.92 Å². The van der Waals surface area contributed by atoms with Crippen LogP contribution in [-0.2, 0) is 5.92 Å². The number of benzene rings is 2. The number of hydrogen-bond donors (Lipinski definition) is 1. The van der Waals surface area contributed by atoms with E-state index < -0.39 is 17.9 Å². The van der Waals surface area contributed by atoms with Crippen LogP contribution in [0.1, 0.15) is 23.1 Å². The Morgan fingerprint density at radius 1 is 1.10 bits per heavy atom. The zero-order chi connectivity index (χ0) is 15.0. The number of alkyl halides is 2. The lowest BCUT2D eigenvalue weighted by atomic mass is 10.0. The number of nitrogens with zero attached hydrogens (tertiary/aromatic N) is 1. The predicted molar refractivity (Wildman–Crippen MR) is 74.0 cm³/mol. The average molecular weight is 289 g/mol. The number of rotatable bonds is 3. The highest BCUT2D eigenvalue weighted by molar-refractivity contribution is 5.72. The first-order valence-electron chi connectivity index (χ1n) is 6.47. The van der Waals surface area contributed by atoms with Gasteiger partial charge in [0.1, 0.15) is 5.52 Å². The first-order chi connectivity index (χ1) is 9.98. The van der Waals surface area contributed by atoms with Gasteiger partial charge < -0.3 is 9.52 Å². The fraction of sp³-hybridized carbons (Fsp3) is 0.188. The second-order valence-electron chi connectivity index (χ2n) is 4.92. The Balaban J connectivity index is 2.00. The average Bonchev–Trinajstić information content (AvgIpc) is 2.92. The van der Waals surface area contributed by atoms with Crippen LogP contribution in [0.2, 0.25) is 0 Å². The van der Waals surface area contributed by atoms with Crippen LogP contribution in [0.15, 0.2) is 52.9 Å². The highest BCUT2D eigenvalue weighted by Crippen LogP contribution is 2.40. The van der Waals surface area contributed by atoms with Gasteiger partial charge in [-0.1, -0.05) is 42.0 Å². The fourth-order valence-corrected chi connectivity index (χ4v) is 2.09. The van der Waals surface area contributed by atoms with Crippen LogP contribution in [0.5, 0.6) is 0 Å². The molecular formula is C16H13F2NO2. The summed E-state index contributed by atoms with van der Waals surface area (Å²) in [5.41, 5.74) is 1.65. The molecule has 5 heteroatoms. The van der Waals surface area contributed by atoms with Crippen LogP contribution >= 0.6 is 0 Å². The van der Waals surface area contributed by atoms with Crippen LogP contribution in [0, 0.1) is 6.92 Å². The number of halogens is 2. The van der Waals surface area contributed by atoms with Gasteiger partial charge in [0.05, 0.1) is 0 Å². The van der Waals surface area contributed by atoms with Crippen molar-refractivity contribution in [2.45, 2.75) is 19.0 Å². The van der Waals surface area contributed by atoms with E-state index in [4.69, 9.17) is 4.42 Å². The molecule has 3 aromatic rings. The highest BCUT2D eigenvalue weighted by Gasteiger charge is 2.46. The summed E-state index contributed by atoms with van der Waals surface area (Å²) in [5.74, 6) is -4.38. The molecule has 1 unspecified atom stereocenters. The van der Waals surface area contributed by atoms with Crippen LogP contribution in [0.3, 0.4) is 0 Å². The van der Waals surface area contributed by atoms with Crippen molar-refractivity contribution in [2.24, 2.45) is 0 Å². The van der Waals surface area contributed by atoms with E-state index >= 15 is 0 Å². The molecule has 0 amide bonds. The highest BCUT2D eigenvalue weighted by atomic mass is 19.3. The molecule has 1 aromatic heterocycles. The minimum Gasteiger partial charge on any atom is -0.435 e. The number of hydrogen-bond acceptors (Lipinski definition) is 3. The molecule has 0 aliphatic heterocycles. The molecule has 21 heavy (non-hydrogen) atoms. The molecule has 0 aliphatic rings. The molecule has 0 saturated carbocycles. The largest absolute Gasteiger partial charge is 0.435 e. The second kappa shape index (κ2) is 4.93. The standard InChI is InChI=1S/C16H13F2NO2/c1-10-6-8-11(9-7-10)14(20)16(17,18)15-19-12-4-2-3-5-13(12)21-15/h2-9,14,20H,1H3. The van der Waals surface area contributed by atoms with Crippen LogP contribution in [0.25, 0.3) is 11.1 Å². The van der Waals surface area contributed by atoms with Crippen molar-refractivity contribution in [3.8, 4) is 0 Å². The molecule has 0 bridgehead atoms. The maximum absolute atomic E-state index is 14.4. The summed E-state index contributed by atoms with van der Waals surface area (Å²) in [6.45, 7) is 1.84. The number of para-hydroxylation sites is 2. The molecule has 0 aliphatic carbocycles. The summed E-state index contributed by atoms with van der Waals surface area (Å²) in [6.07, 6.45) is -2.01. The molecule has 108 valence electrons. The molecule has 0 saturated heterocycles. The fourth-order valence-electron chi connectivity index (χ4n) is 2.09. The van der Waals surface area contributed by atoms with E-state index in [1.165, 1.54) is 12.1 Å². The maximum Gasteiger partial charge on any atom is 0.351 e. The number of aryl methyl sites for hydroxylation is 1. The van der Waals surface area contributed by atoms with Crippen molar-refractivity contribution in [3.05, 3.63) is 65.5 Å². The van der Waals surface area contributed by atoms with Gasteiger partial charge >= 0.3 is 5.92 Å². The first-order valence-corrected chi connectivity index (χ1v) is 6.47. The Hall–Kier alpha value is -2.27.